The van der Waals surface area contributed by atoms with Gasteiger partial charge < -0.3 is 48.1 Å². The van der Waals surface area contributed by atoms with Crippen LogP contribution in [0.15, 0.2) is 0 Å². The van der Waals surface area contributed by atoms with Crippen LogP contribution in [0.3, 0.4) is 0 Å². The van der Waals surface area contributed by atoms with Crippen molar-refractivity contribution in [3.63, 3.8) is 0 Å². The first kappa shape index (κ1) is 33.8. The van der Waals surface area contributed by atoms with Crippen molar-refractivity contribution in [2.24, 2.45) is 0 Å². The smallest absolute Gasteiger partial charge is 0.372 e. The van der Waals surface area contributed by atoms with Crippen LogP contribution in [0.5, 0.6) is 0 Å². The molecule has 0 aliphatic heterocycles. The van der Waals surface area contributed by atoms with Crippen LogP contribution >= 0.6 is 0 Å². The van der Waals surface area contributed by atoms with Crippen molar-refractivity contribution >= 4 is 23.7 Å². The van der Waals surface area contributed by atoms with Crippen molar-refractivity contribution in [1.29, 1.82) is 0 Å². The molecule has 0 aromatic heterocycles. The first-order chi connectivity index (χ1) is 17.4. The van der Waals surface area contributed by atoms with Crippen LogP contribution in [0.2, 0.25) is 0 Å². The van der Waals surface area contributed by atoms with E-state index in [0.29, 0.717) is 79.3 Å². The Labute approximate surface area is 210 Å². The molecule has 210 valence electrons. The van der Waals surface area contributed by atoms with Gasteiger partial charge in [0.05, 0.1) is 105 Å². The molecule has 0 radical (unpaired) electrons. The van der Waals surface area contributed by atoms with E-state index >= 15 is 0 Å². The number of carbonyl (C=O) groups excluding carboxylic acids is 2. The van der Waals surface area contributed by atoms with Crippen molar-refractivity contribution in [1.82, 2.24) is 0 Å². The van der Waals surface area contributed by atoms with Gasteiger partial charge in [-0.25, -0.2) is 4.79 Å². The van der Waals surface area contributed by atoms with Crippen LogP contribution in [0.4, 0.5) is 0 Å². The molecule has 0 bridgehead atoms. The molecule has 14 nitrogen and oxygen atoms in total. The number of carboxylic acids is 2. The number of aliphatic carboxylic acids is 2. The molecule has 2 N–H and O–H groups in total. The molecule has 0 spiro atoms. The maximum absolute atomic E-state index is 11.3. The summed E-state index contributed by atoms with van der Waals surface area (Å²) in [7, 11) is 0. The fraction of sp³-hybridized carbons (Fsp3) is 0.818. The lowest BCUT2D eigenvalue weighted by Crippen LogP contribution is -2.17. The number of hydrogen-bond donors (Lipinski definition) is 2. The summed E-state index contributed by atoms with van der Waals surface area (Å²) < 4.78 is 41.8. The Morgan fingerprint density at radius 1 is 0.417 bits per heavy atom. The summed E-state index contributed by atoms with van der Waals surface area (Å²) in [4.78, 5) is 42.8. The van der Waals surface area contributed by atoms with E-state index in [1.54, 1.807) is 0 Å². The molecule has 0 atom stereocenters. The maximum atomic E-state index is 11.3. The first-order valence-electron chi connectivity index (χ1n) is 11.6. The van der Waals surface area contributed by atoms with Gasteiger partial charge in [-0.3, -0.25) is 14.4 Å². The lowest BCUT2D eigenvalue weighted by Gasteiger charge is -2.08. The Balaban J connectivity index is 3.15. The van der Waals surface area contributed by atoms with Gasteiger partial charge in [-0.2, -0.15) is 0 Å². The normalized spacial score (nSPS) is 10.9. The average molecular weight is 527 g/mol. The van der Waals surface area contributed by atoms with Crippen molar-refractivity contribution in [2.75, 3.05) is 99.1 Å². The predicted octanol–water partition coefficient (Wildman–Crippen LogP) is -0.446. The van der Waals surface area contributed by atoms with E-state index in [0.717, 1.165) is 0 Å². The minimum Gasteiger partial charge on any atom is -0.481 e. The van der Waals surface area contributed by atoms with Gasteiger partial charge in [0.15, 0.2) is 0 Å². The van der Waals surface area contributed by atoms with Crippen LogP contribution in [0.25, 0.3) is 0 Å². The fourth-order valence-electron chi connectivity index (χ4n) is 2.19. The number of ether oxygens (including phenoxy) is 8. The number of carboxylic acid groups (broad SMARTS) is 2. The molecule has 0 saturated carbocycles. The molecule has 0 saturated heterocycles. The molecule has 0 amide bonds. The topological polar surface area (TPSA) is 183 Å². The summed E-state index contributed by atoms with van der Waals surface area (Å²) in [5, 5.41) is 16.8. The summed E-state index contributed by atoms with van der Waals surface area (Å²) in [5.74, 6) is -4.14. The molecule has 14 heteroatoms. The highest BCUT2D eigenvalue weighted by molar-refractivity contribution is 6.32. The van der Waals surface area contributed by atoms with Gasteiger partial charge in [0.1, 0.15) is 6.61 Å². The van der Waals surface area contributed by atoms with Crippen molar-refractivity contribution < 1.29 is 67.3 Å². The monoisotopic (exact) mass is 526 g/mol. The van der Waals surface area contributed by atoms with Crippen LogP contribution in [-0.4, -0.2) is 133 Å². The Bertz CT molecular complexity index is 583. The molecular formula is C22H38O14. The molecule has 0 aliphatic rings. The first-order valence-corrected chi connectivity index (χ1v) is 11.6. The van der Waals surface area contributed by atoms with Gasteiger partial charge in [-0.05, 0) is 0 Å². The van der Waals surface area contributed by atoms with Crippen molar-refractivity contribution in [3.8, 4) is 0 Å². The van der Waals surface area contributed by atoms with Gasteiger partial charge in [0.2, 0.25) is 5.78 Å². The van der Waals surface area contributed by atoms with Crippen molar-refractivity contribution in [3.05, 3.63) is 0 Å². The van der Waals surface area contributed by atoms with Gasteiger partial charge in [0.25, 0.3) is 0 Å². The van der Waals surface area contributed by atoms with Gasteiger partial charge in [-0.1, -0.05) is 0 Å². The second kappa shape index (κ2) is 25.9. The summed E-state index contributed by atoms with van der Waals surface area (Å²) in [6.07, 6.45) is -0.686. The summed E-state index contributed by atoms with van der Waals surface area (Å²) >= 11 is 0. The third-order valence-electron chi connectivity index (χ3n) is 3.98. The Morgan fingerprint density at radius 2 is 0.750 bits per heavy atom. The van der Waals surface area contributed by atoms with Crippen LogP contribution in [0, 0.1) is 0 Å². The summed E-state index contributed by atoms with van der Waals surface area (Å²) in [5.41, 5.74) is 0. The number of esters is 1. The minimum atomic E-state index is -1.57. The van der Waals surface area contributed by atoms with Crippen LogP contribution in [-0.2, 0) is 57.1 Å². The third kappa shape index (κ3) is 26.4. The Kier molecular flexibility index (Phi) is 24.3. The average Bonchev–Trinajstić information content (AvgIpc) is 2.84. The van der Waals surface area contributed by atoms with E-state index in [1.807, 2.05) is 0 Å². The number of ketones is 1. The van der Waals surface area contributed by atoms with E-state index in [4.69, 9.17) is 48.1 Å². The summed E-state index contributed by atoms with van der Waals surface area (Å²) in [6.45, 7) is 5.11. The van der Waals surface area contributed by atoms with Gasteiger partial charge in [-0.15, -0.1) is 0 Å². The third-order valence-corrected chi connectivity index (χ3v) is 3.98. The zero-order valence-electron chi connectivity index (χ0n) is 20.5. The van der Waals surface area contributed by atoms with Crippen LogP contribution < -0.4 is 0 Å². The Morgan fingerprint density at radius 3 is 1.08 bits per heavy atom. The zero-order valence-corrected chi connectivity index (χ0v) is 20.5. The van der Waals surface area contributed by atoms with Crippen molar-refractivity contribution in [2.45, 2.75) is 19.3 Å². The highest BCUT2D eigenvalue weighted by Gasteiger charge is 2.14. The van der Waals surface area contributed by atoms with E-state index in [1.165, 1.54) is 0 Å². The molecule has 0 aromatic carbocycles. The SMILES string of the molecule is O=C(O)CCOCCOCCOCCOCCOCCOCCOCCOC(=O)CCC(=O)C(=O)O. The second-order valence-corrected chi connectivity index (χ2v) is 6.88. The van der Waals surface area contributed by atoms with Crippen LogP contribution in [0.1, 0.15) is 19.3 Å². The highest BCUT2D eigenvalue weighted by atomic mass is 16.6. The predicted molar refractivity (Wildman–Crippen MR) is 121 cm³/mol. The molecule has 0 aliphatic carbocycles. The molecule has 0 aromatic rings. The number of carbonyl (C=O) groups is 4. The zero-order chi connectivity index (χ0) is 26.7. The summed E-state index contributed by atoms with van der Waals surface area (Å²) in [6, 6.07) is 0. The number of Topliss-reactive ketones (excluding diaryl/α,β-unsaturated/α-hetero) is 1. The molecule has 0 unspecified atom stereocenters. The van der Waals surface area contributed by atoms with Gasteiger partial charge in [0, 0.05) is 6.42 Å². The molecule has 36 heavy (non-hydrogen) atoms. The standard InChI is InChI=1S/C22H38O14/c23-19(22(27)28)1-2-21(26)36-18-17-35-16-15-34-14-13-33-12-11-32-10-9-31-8-7-30-6-5-29-4-3-20(24)25/h1-18H2,(H,24,25)(H,27,28). The number of rotatable bonds is 28. The quantitative estimate of drug-likeness (QED) is 0.0759. The van der Waals surface area contributed by atoms with E-state index in [-0.39, 0.29) is 39.1 Å². The second-order valence-electron chi connectivity index (χ2n) is 6.88. The molecular weight excluding hydrogens is 488 g/mol. The van der Waals surface area contributed by atoms with Gasteiger partial charge >= 0.3 is 17.9 Å². The molecule has 0 rings (SSSR count). The largest absolute Gasteiger partial charge is 0.481 e. The highest BCUT2D eigenvalue weighted by Crippen LogP contribution is 1.95. The minimum absolute atomic E-state index is 0.00896. The lowest BCUT2D eigenvalue weighted by atomic mass is 10.2. The number of hydrogen-bond acceptors (Lipinski definition) is 12. The lowest BCUT2D eigenvalue weighted by molar-refractivity contribution is -0.151. The fourth-order valence-corrected chi connectivity index (χ4v) is 2.19. The Hall–Kier alpha value is -2.20. The van der Waals surface area contributed by atoms with E-state index < -0.39 is 23.7 Å². The molecule has 0 fully saturated rings. The van der Waals surface area contributed by atoms with E-state index in [9.17, 15) is 19.2 Å². The molecule has 0 heterocycles. The van der Waals surface area contributed by atoms with E-state index in [2.05, 4.69) is 0 Å². The maximum Gasteiger partial charge on any atom is 0.372 e.